The number of hydrogen-bond acceptors (Lipinski definition) is 5. The van der Waals surface area contributed by atoms with E-state index in [2.05, 4.69) is 27.4 Å². The van der Waals surface area contributed by atoms with E-state index in [1.54, 1.807) is 6.21 Å². The predicted octanol–water partition coefficient (Wildman–Crippen LogP) is 4.20. The molecule has 0 unspecified atom stereocenters. The molecular weight excluding hydrogens is 316 g/mol. The van der Waals surface area contributed by atoms with Gasteiger partial charge >= 0.3 is 0 Å². The maximum absolute atomic E-state index is 5.70. The SMILES string of the molecule is CCCOc1ccc(/C=N\Nc2nc3ccccc3[nH]2)cc1OCC. The van der Waals surface area contributed by atoms with Crippen molar-refractivity contribution in [3.05, 3.63) is 48.0 Å². The molecule has 3 rings (SSSR count). The third-order valence-corrected chi connectivity index (χ3v) is 3.50. The number of hydrazone groups is 1. The van der Waals surface area contributed by atoms with E-state index >= 15 is 0 Å². The lowest BCUT2D eigenvalue weighted by atomic mass is 10.2. The normalized spacial score (nSPS) is 11.1. The highest BCUT2D eigenvalue weighted by atomic mass is 16.5. The lowest BCUT2D eigenvalue weighted by Crippen LogP contribution is -2.01. The van der Waals surface area contributed by atoms with Crippen molar-refractivity contribution in [2.45, 2.75) is 20.3 Å². The quantitative estimate of drug-likeness (QED) is 0.477. The average Bonchev–Trinajstić information content (AvgIpc) is 3.04. The fourth-order valence-electron chi connectivity index (χ4n) is 2.38. The van der Waals surface area contributed by atoms with Crippen LogP contribution in [0.25, 0.3) is 11.0 Å². The number of benzene rings is 2. The molecule has 0 fully saturated rings. The van der Waals surface area contributed by atoms with Crippen LogP contribution in [0, 0.1) is 0 Å². The summed E-state index contributed by atoms with van der Waals surface area (Å²) in [5, 5.41) is 4.24. The standard InChI is InChI=1S/C19H22N4O2/c1-3-11-25-17-10-9-14(12-18(17)24-4-2)13-20-23-19-21-15-7-5-6-8-16(15)22-19/h5-10,12-13H,3-4,11H2,1-2H3,(H2,21,22,23)/b20-13-. The first kappa shape index (κ1) is 16.8. The Morgan fingerprint density at radius 2 is 2.00 bits per heavy atom. The van der Waals surface area contributed by atoms with Gasteiger partial charge in [0.25, 0.3) is 0 Å². The van der Waals surface area contributed by atoms with Gasteiger partial charge in [0.05, 0.1) is 30.5 Å². The van der Waals surface area contributed by atoms with Crippen LogP contribution in [0.2, 0.25) is 0 Å². The van der Waals surface area contributed by atoms with Crippen molar-refractivity contribution in [1.82, 2.24) is 9.97 Å². The first-order valence-electron chi connectivity index (χ1n) is 8.43. The minimum absolute atomic E-state index is 0.584. The summed E-state index contributed by atoms with van der Waals surface area (Å²) >= 11 is 0. The topological polar surface area (TPSA) is 71.5 Å². The summed E-state index contributed by atoms with van der Waals surface area (Å²) in [5.41, 5.74) is 5.69. The number of rotatable bonds is 8. The zero-order valence-electron chi connectivity index (χ0n) is 14.5. The average molecular weight is 338 g/mol. The highest BCUT2D eigenvalue weighted by molar-refractivity contribution is 5.82. The molecule has 1 heterocycles. The van der Waals surface area contributed by atoms with E-state index in [-0.39, 0.29) is 0 Å². The summed E-state index contributed by atoms with van der Waals surface area (Å²) in [5.74, 6) is 2.08. The monoisotopic (exact) mass is 338 g/mol. The van der Waals surface area contributed by atoms with Crippen LogP contribution in [0.4, 0.5) is 5.95 Å². The van der Waals surface area contributed by atoms with Crippen LogP contribution in [0.5, 0.6) is 11.5 Å². The number of ether oxygens (including phenoxy) is 2. The summed E-state index contributed by atoms with van der Waals surface area (Å²) in [6.45, 7) is 5.28. The number of para-hydroxylation sites is 2. The molecule has 130 valence electrons. The minimum Gasteiger partial charge on any atom is -0.490 e. The molecular formula is C19H22N4O2. The van der Waals surface area contributed by atoms with Crippen LogP contribution in [0.15, 0.2) is 47.6 Å². The number of hydrogen-bond donors (Lipinski definition) is 2. The van der Waals surface area contributed by atoms with E-state index in [0.717, 1.165) is 34.5 Å². The number of anilines is 1. The molecule has 0 spiro atoms. The summed E-state index contributed by atoms with van der Waals surface area (Å²) in [7, 11) is 0. The number of H-pyrrole nitrogens is 1. The Kier molecular flexibility index (Phi) is 5.51. The Morgan fingerprint density at radius 3 is 2.80 bits per heavy atom. The molecule has 1 aromatic heterocycles. The molecule has 0 saturated carbocycles. The molecule has 0 saturated heterocycles. The first-order chi connectivity index (χ1) is 12.3. The number of imidazole rings is 1. The maximum Gasteiger partial charge on any atom is 0.222 e. The zero-order valence-corrected chi connectivity index (χ0v) is 14.5. The van der Waals surface area contributed by atoms with Crippen LogP contribution in [-0.4, -0.2) is 29.4 Å². The molecule has 0 atom stereocenters. The Balaban J connectivity index is 1.70. The molecule has 0 aliphatic heterocycles. The second-order valence-electron chi connectivity index (χ2n) is 5.46. The van der Waals surface area contributed by atoms with Crippen molar-refractivity contribution in [1.29, 1.82) is 0 Å². The lowest BCUT2D eigenvalue weighted by molar-refractivity contribution is 0.277. The third-order valence-electron chi connectivity index (χ3n) is 3.50. The van der Waals surface area contributed by atoms with E-state index in [0.29, 0.717) is 19.2 Å². The predicted molar refractivity (Wildman–Crippen MR) is 101 cm³/mol. The van der Waals surface area contributed by atoms with Gasteiger partial charge < -0.3 is 14.5 Å². The van der Waals surface area contributed by atoms with Crippen molar-refractivity contribution < 1.29 is 9.47 Å². The molecule has 2 N–H and O–H groups in total. The summed E-state index contributed by atoms with van der Waals surface area (Å²) in [6, 6.07) is 13.6. The minimum atomic E-state index is 0.584. The van der Waals surface area contributed by atoms with Gasteiger partial charge in [0, 0.05) is 0 Å². The van der Waals surface area contributed by atoms with Gasteiger partial charge in [0.2, 0.25) is 5.95 Å². The largest absolute Gasteiger partial charge is 0.490 e. The smallest absolute Gasteiger partial charge is 0.222 e. The maximum atomic E-state index is 5.70. The molecule has 6 heteroatoms. The van der Waals surface area contributed by atoms with Gasteiger partial charge in [-0.1, -0.05) is 19.1 Å². The zero-order chi connectivity index (χ0) is 17.5. The molecule has 0 bridgehead atoms. The summed E-state index contributed by atoms with van der Waals surface area (Å²) in [6.07, 6.45) is 2.68. The molecule has 25 heavy (non-hydrogen) atoms. The number of aromatic nitrogens is 2. The number of fused-ring (bicyclic) bond motifs is 1. The van der Waals surface area contributed by atoms with E-state index in [9.17, 15) is 0 Å². The van der Waals surface area contributed by atoms with E-state index in [4.69, 9.17) is 9.47 Å². The van der Waals surface area contributed by atoms with E-state index < -0.39 is 0 Å². The number of nitrogens with one attached hydrogen (secondary N) is 2. The molecule has 3 aromatic rings. The highest BCUT2D eigenvalue weighted by Crippen LogP contribution is 2.28. The van der Waals surface area contributed by atoms with Gasteiger partial charge in [0.1, 0.15) is 0 Å². The van der Waals surface area contributed by atoms with Crippen molar-refractivity contribution >= 4 is 23.2 Å². The van der Waals surface area contributed by atoms with Gasteiger partial charge in [-0.25, -0.2) is 10.4 Å². The second-order valence-corrected chi connectivity index (χ2v) is 5.46. The molecule has 2 aromatic carbocycles. The fourth-order valence-corrected chi connectivity index (χ4v) is 2.38. The van der Waals surface area contributed by atoms with Gasteiger partial charge in [-0.2, -0.15) is 5.10 Å². The lowest BCUT2D eigenvalue weighted by Gasteiger charge is -2.11. The van der Waals surface area contributed by atoms with Crippen LogP contribution >= 0.6 is 0 Å². The van der Waals surface area contributed by atoms with Crippen molar-refractivity contribution in [3.8, 4) is 11.5 Å². The van der Waals surface area contributed by atoms with Gasteiger partial charge in [-0.3, -0.25) is 0 Å². The van der Waals surface area contributed by atoms with E-state index in [1.165, 1.54) is 0 Å². The second kappa shape index (κ2) is 8.19. The Labute approximate surface area is 146 Å². The molecule has 0 aliphatic carbocycles. The molecule has 6 nitrogen and oxygen atoms in total. The summed E-state index contributed by atoms with van der Waals surface area (Å²) < 4.78 is 11.4. The van der Waals surface area contributed by atoms with Crippen LogP contribution in [0.3, 0.4) is 0 Å². The Morgan fingerprint density at radius 1 is 1.12 bits per heavy atom. The molecule has 0 aliphatic rings. The third kappa shape index (κ3) is 4.29. The van der Waals surface area contributed by atoms with Gasteiger partial charge in [-0.05, 0) is 49.2 Å². The Bertz CT molecular complexity index is 825. The van der Waals surface area contributed by atoms with Crippen LogP contribution in [0.1, 0.15) is 25.8 Å². The van der Waals surface area contributed by atoms with Crippen molar-refractivity contribution in [3.63, 3.8) is 0 Å². The highest BCUT2D eigenvalue weighted by Gasteiger charge is 2.05. The summed E-state index contributed by atoms with van der Waals surface area (Å²) in [4.78, 5) is 7.58. The van der Waals surface area contributed by atoms with Crippen molar-refractivity contribution in [2.75, 3.05) is 18.6 Å². The van der Waals surface area contributed by atoms with Crippen molar-refractivity contribution in [2.24, 2.45) is 5.10 Å². The Hall–Kier alpha value is -3.02. The van der Waals surface area contributed by atoms with Gasteiger partial charge in [0.15, 0.2) is 11.5 Å². The molecule has 0 amide bonds. The van der Waals surface area contributed by atoms with Crippen LogP contribution in [-0.2, 0) is 0 Å². The fraction of sp³-hybridized carbons (Fsp3) is 0.263. The first-order valence-corrected chi connectivity index (χ1v) is 8.43. The molecule has 0 radical (unpaired) electrons. The van der Waals surface area contributed by atoms with Gasteiger partial charge in [-0.15, -0.1) is 0 Å². The van der Waals surface area contributed by atoms with E-state index in [1.807, 2.05) is 49.4 Å². The number of nitrogens with zero attached hydrogens (tertiary/aromatic N) is 2. The number of aromatic amines is 1. The van der Waals surface area contributed by atoms with Crippen LogP contribution < -0.4 is 14.9 Å².